The van der Waals surface area contributed by atoms with Crippen molar-refractivity contribution < 1.29 is 9.32 Å². The molecule has 0 saturated carbocycles. The first-order valence-electron chi connectivity index (χ1n) is 10.1. The van der Waals surface area contributed by atoms with Crippen LogP contribution in [0, 0.1) is 27.7 Å². The van der Waals surface area contributed by atoms with E-state index in [0.717, 1.165) is 22.6 Å². The summed E-state index contributed by atoms with van der Waals surface area (Å²) in [6.07, 6.45) is 0. The van der Waals surface area contributed by atoms with E-state index >= 15 is 0 Å². The van der Waals surface area contributed by atoms with Gasteiger partial charge in [0.05, 0.1) is 29.5 Å². The van der Waals surface area contributed by atoms with Crippen molar-refractivity contribution in [2.45, 2.75) is 40.8 Å². The van der Waals surface area contributed by atoms with E-state index in [-0.39, 0.29) is 5.69 Å². The van der Waals surface area contributed by atoms with Crippen molar-refractivity contribution >= 4 is 46.5 Å². The summed E-state index contributed by atoms with van der Waals surface area (Å²) in [4.78, 5) is 13.0. The third-order valence-corrected chi connectivity index (χ3v) is 6.49. The van der Waals surface area contributed by atoms with E-state index in [4.69, 9.17) is 39.3 Å². The zero-order chi connectivity index (χ0) is 23.9. The van der Waals surface area contributed by atoms with E-state index in [0.29, 0.717) is 45.3 Å². The lowest BCUT2D eigenvalue weighted by molar-refractivity contribution is 0.101. The first-order chi connectivity index (χ1) is 15.6. The van der Waals surface area contributed by atoms with Crippen LogP contribution in [0.5, 0.6) is 0 Å². The Labute approximate surface area is 205 Å². The molecule has 1 aromatic carbocycles. The van der Waals surface area contributed by atoms with Crippen LogP contribution in [-0.4, -0.2) is 30.6 Å². The van der Waals surface area contributed by atoms with Crippen LogP contribution >= 0.6 is 34.8 Å². The molecule has 0 atom stereocenters. The SMILES string of the molecule is Cc1nn(Cc2c(C(=O)Nc3cc(C)n(Cc4ccc(Cl)cc4Cl)n3)noc2C)c(C)c1Cl. The number of anilines is 1. The van der Waals surface area contributed by atoms with Crippen LogP contribution in [0.25, 0.3) is 0 Å². The molecule has 0 bridgehead atoms. The van der Waals surface area contributed by atoms with Crippen molar-refractivity contribution in [2.24, 2.45) is 0 Å². The molecule has 0 saturated heterocycles. The van der Waals surface area contributed by atoms with Crippen LogP contribution in [0.4, 0.5) is 5.82 Å². The van der Waals surface area contributed by atoms with E-state index in [2.05, 4.69) is 20.7 Å². The van der Waals surface area contributed by atoms with Gasteiger partial charge in [-0.2, -0.15) is 10.2 Å². The first-order valence-corrected chi connectivity index (χ1v) is 11.2. The Morgan fingerprint density at radius 3 is 2.45 bits per heavy atom. The van der Waals surface area contributed by atoms with Crippen molar-refractivity contribution in [2.75, 3.05) is 5.32 Å². The number of hydrogen-bond acceptors (Lipinski definition) is 5. The van der Waals surface area contributed by atoms with Crippen LogP contribution in [-0.2, 0) is 13.1 Å². The van der Waals surface area contributed by atoms with Gasteiger partial charge in [-0.1, -0.05) is 46.0 Å². The van der Waals surface area contributed by atoms with Gasteiger partial charge < -0.3 is 9.84 Å². The highest BCUT2D eigenvalue weighted by atomic mass is 35.5. The summed E-state index contributed by atoms with van der Waals surface area (Å²) in [7, 11) is 0. The second-order valence-electron chi connectivity index (χ2n) is 7.73. The number of nitrogens with one attached hydrogen (secondary N) is 1. The summed E-state index contributed by atoms with van der Waals surface area (Å²) in [5.74, 6) is 0.495. The molecule has 3 aromatic heterocycles. The van der Waals surface area contributed by atoms with Crippen molar-refractivity contribution in [1.82, 2.24) is 24.7 Å². The van der Waals surface area contributed by atoms with Crippen LogP contribution < -0.4 is 5.32 Å². The van der Waals surface area contributed by atoms with Gasteiger partial charge >= 0.3 is 0 Å². The smallest absolute Gasteiger partial charge is 0.279 e. The fraction of sp³-hybridized carbons (Fsp3) is 0.273. The lowest BCUT2D eigenvalue weighted by atomic mass is 10.2. The van der Waals surface area contributed by atoms with Crippen molar-refractivity contribution in [3.63, 3.8) is 0 Å². The molecule has 11 heteroatoms. The largest absolute Gasteiger partial charge is 0.361 e. The Hall–Kier alpha value is -2.81. The fourth-order valence-corrected chi connectivity index (χ4v) is 4.06. The van der Waals surface area contributed by atoms with Gasteiger partial charge in [0.15, 0.2) is 11.5 Å². The number of carbonyl (C=O) groups is 1. The maximum absolute atomic E-state index is 13.0. The summed E-state index contributed by atoms with van der Waals surface area (Å²) in [6, 6.07) is 7.08. The highest BCUT2D eigenvalue weighted by Gasteiger charge is 2.23. The van der Waals surface area contributed by atoms with Crippen molar-refractivity contribution in [3.05, 3.63) is 79.0 Å². The quantitative estimate of drug-likeness (QED) is 0.366. The van der Waals surface area contributed by atoms with Gasteiger partial charge in [0.25, 0.3) is 5.91 Å². The number of aromatic nitrogens is 5. The highest BCUT2D eigenvalue weighted by molar-refractivity contribution is 6.35. The van der Waals surface area contributed by atoms with E-state index in [1.165, 1.54) is 0 Å². The van der Waals surface area contributed by atoms with Gasteiger partial charge in [-0.05, 0) is 45.4 Å². The second kappa shape index (κ2) is 9.21. The van der Waals surface area contributed by atoms with Crippen LogP contribution in [0.1, 0.15) is 44.5 Å². The fourth-order valence-electron chi connectivity index (χ4n) is 3.45. The molecule has 0 spiro atoms. The Morgan fingerprint density at radius 2 is 1.79 bits per heavy atom. The predicted octanol–water partition coefficient (Wildman–Crippen LogP) is 5.61. The molecule has 1 amide bonds. The van der Waals surface area contributed by atoms with Gasteiger partial charge in [-0.15, -0.1) is 0 Å². The van der Waals surface area contributed by atoms with Gasteiger partial charge in [0, 0.05) is 27.4 Å². The van der Waals surface area contributed by atoms with Gasteiger partial charge in [-0.25, -0.2) is 0 Å². The summed E-state index contributed by atoms with van der Waals surface area (Å²) in [5, 5.41) is 17.4. The minimum absolute atomic E-state index is 0.170. The molecule has 3 heterocycles. The number of rotatable bonds is 6. The summed E-state index contributed by atoms with van der Waals surface area (Å²) in [6.45, 7) is 8.08. The number of halogens is 3. The zero-order valence-electron chi connectivity index (χ0n) is 18.4. The maximum Gasteiger partial charge on any atom is 0.279 e. The molecule has 0 fully saturated rings. The Balaban J connectivity index is 1.53. The second-order valence-corrected chi connectivity index (χ2v) is 8.95. The minimum atomic E-state index is -0.427. The third kappa shape index (κ3) is 4.78. The average Bonchev–Trinajstić information content (AvgIpc) is 3.37. The highest BCUT2D eigenvalue weighted by Crippen LogP contribution is 2.24. The summed E-state index contributed by atoms with van der Waals surface area (Å²) < 4.78 is 8.77. The zero-order valence-corrected chi connectivity index (χ0v) is 20.7. The number of hydrogen-bond donors (Lipinski definition) is 1. The maximum atomic E-state index is 13.0. The van der Waals surface area contributed by atoms with Gasteiger partial charge in [-0.3, -0.25) is 14.2 Å². The topological polar surface area (TPSA) is 90.8 Å². The molecule has 8 nitrogen and oxygen atoms in total. The van der Waals surface area contributed by atoms with Gasteiger partial charge in [0.2, 0.25) is 0 Å². The van der Waals surface area contributed by atoms with E-state index in [1.807, 2.05) is 26.8 Å². The number of amides is 1. The standard InChI is InChI=1S/C22H21Cl3N6O2/c1-11-7-19(28-30(11)9-15-5-6-16(23)8-18(15)24)26-22(32)21-17(14(4)33-29-21)10-31-13(3)20(25)12(2)27-31/h5-8H,9-10H2,1-4H3,(H,26,28,32). The summed E-state index contributed by atoms with van der Waals surface area (Å²) >= 11 is 18.5. The van der Waals surface area contributed by atoms with E-state index in [1.54, 1.807) is 34.5 Å². The monoisotopic (exact) mass is 506 g/mol. The molecular weight excluding hydrogens is 487 g/mol. The molecular formula is C22H21Cl3N6O2. The number of aryl methyl sites for hydroxylation is 3. The van der Waals surface area contributed by atoms with Crippen LogP contribution in [0.3, 0.4) is 0 Å². The Kier molecular flexibility index (Phi) is 6.52. The lowest BCUT2D eigenvalue weighted by Gasteiger charge is -2.07. The van der Waals surface area contributed by atoms with E-state index < -0.39 is 5.91 Å². The lowest BCUT2D eigenvalue weighted by Crippen LogP contribution is -2.17. The molecule has 0 unspecified atom stereocenters. The first kappa shape index (κ1) is 23.4. The molecule has 4 rings (SSSR count). The Morgan fingerprint density at radius 1 is 1.03 bits per heavy atom. The van der Waals surface area contributed by atoms with Crippen molar-refractivity contribution in [1.29, 1.82) is 0 Å². The van der Waals surface area contributed by atoms with Crippen LogP contribution in [0.15, 0.2) is 28.8 Å². The molecule has 0 radical (unpaired) electrons. The van der Waals surface area contributed by atoms with E-state index in [9.17, 15) is 4.79 Å². The molecule has 1 N–H and O–H groups in total. The molecule has 0 aliphatic carbocycles. The number of benzene rings is 1. The number of nitrogens with zero attached hydrogens (tertiary/aromatic N) is 5. The number of carbonyl (C=O) groups excluding carboxylic acids is 1. The van der Waals surface area contributed by atoms with Gasteiger partial charge in [0.1, 0.15) is 5.76 Å². The molecule has 33 heavy (non-hydrogen) atoms. The molecule has 172 valence electrons. The Bertz CT molecular complexity index is 1350. The van der Waals surface area contributed by atoms with Crippen LogP contribution in [0.2, 0.25) is 15.1 Å². The predicted molar refractivity (Wildman–Crippen MR) is 128 cm³/mol. The van der Waals surface area contributed by atoms with Crippen molar-refractivity contribution in [3.8, 4) is 0 Å². The molecule has 0 aliphatic heterocycles. The average molecular weight is 508 g/mol. The third-order valence-electron chi connectivity index (χ3n) is 5.36. The summed E-state index contributed by atoms with van der Waals surface area (Å²) in [5.41, 5.74) is 4.03. The minimum Gasteiger partial charge on any atom is -0.361 e. The normalized spacial score (nSPS) is 11.2. The molecule has 0 aliphatic rings. The molecule has 4 aromatic rings.